The Kier molecular flexibility index (Phi) is 4.77. The summed E-state index contributed by atoms with van der Waals surface area (Å²) < 4.78 is 19.9. The zero-order chi connectivity index (χ0) is 13.8. The maximum atomic E-state index is 13.7. The lowest BCUT2D eigenvalue weighted by atomic mass is 10.0. The molecule has 4 heteroatoms. The van der Waals surface area contributed by atoms with Crippen molar-refractivity contribution < 1.29 is 8.81 Å². The first-order valence-corrected chi connectivity index (χ1v) is 7.22. The molecule has 0 radical (unpaired) electrons. The van der Waals surface area contributed by atoms with Crippen LogP contribution in [0.1, 0.15) is 37.0 Å². The maximum absolute atomic E-state index is 13.7. The number of nitrogens with one attached hydrogen (secondary N) is 1. The van der Waals surface area contributed by atoms with Gasteiger partial charge < -0.3 is 9.73 Å². The van der Waals surface area contributed by atoms with Gasteiger partial charge in [-0.25, -0.2) is 4.39 Å². The third-order valence-corrected chi connectivity index (χ3v) is 3.64. The molecule has 1 aromatic carbocycles. The van der Waals surface area contributed by atoms with Gasteiger partial charge in [0.05, 0.1) is 10.5 Å². The van der Waals surface area contributed by atoms with Crippen molar-refractivity contribution in [1.82, 2.24) is 5.32 Å². The highest BCUT2D eigenvalue weighted by Gasteiger charge is 2.18. The average molecular weight is 326 g/mol. The second-order valence-electron chi connectivity index (χ2n) is 4.32. The van der Waals surface area contributed by atoms with Crippen molar-refractivity contribution in [3.8, 4) is 0 Å². The van der Waals surface area contributed by atoms with Gasteiger partial charge in [0, 0.05) is 6.42 Å². The number of furan rings is 1. The first-order valence-electron chi connectivity index (χ1n) is 6.42. The standard InChI is InChI=1S/C15H17BrFNO/c1-3-11-6-8-14(19-11)15(18-4-2)10-5-7-12(16)13(17)9-10/h5-9,15,18H,3-4H2,1-2H3. The summed E-state index contributed by atoms with van der Waals surface area (Å²) in [5.74, 6) is 1.50. The summed E-state index contributed by atoms with van der Waals surface area (Å²) >= 11 is 3.17. The van der Waals surface area contributed by atoms with Crippen LogP contribution in [0, 0.1) is 5.82 Å². The normalized spacial score (nSPS) is 12.6. The third-order valence-electron chi connectivity index (χ3n) is 3.00. The summed E-state index contributed by atoms with van der Waals surface area (Å²) in [5, 5.41) is 3.32. The molecule has 1 heterocycles. The van der Waals surface area contributed by atoms with Crippen LogP contribution in [0.2, 0.25) is 0 Å². The fourth-order valence-electron chi connectivity index (χ4n) is 2.02. The van der Waals surface area contributed by atoms with Gasteiger partial charge in [-0.15, -0.1) is 0 Å². The molecule has 0 spiro atoms. The molecule has 0 fully saturated rings. The number of halogens is 2. The van der Waals surface area contributed by atoms with E-state index in [1.165, 1.54) is 6.07 Å². The van der Waals surface area contributed by atoms with E-state index in [1.54, 1.807) is 6.07 Å². The number of benzene rings is 1. The third kappa shape index (κ3) is 3.25. The largest absolute Gasteiger partial charge is 0.464 e. The molecule has 0 amide bonds. The van der Waals surface area contributed by atoms with Crippen molar-refractivity contribution in [1.29, 1.82) is 0 Å². The fourth-order valence-corrected chi connectivity index (χ4v) is 2.27. The van der Waals surface area contributed by atoms with Crippen LogP contribution in [-0.4, -0.2) is 6.54 Å². The molecule has 2 nitrogen and oxygen atoms in total. The molecular weight excluding hydrogens is 309 g/mol. The van der Waals surface area contributed by atoms with E-state index in [1.807, 2.05) is 32.0 Å². The fraction of sp³-hybridized carbons (Fsp3) is 0.333. The van der Waals surface area contributed by atoms with E-state index >= 15 is 0 Å². The Morgan fingerprint density at radius 1 is 1.26 bits per heavy atom. The summed E-state index contributed by atoms with van der Waals surface area (Å²) in [7, 11) is 0. The molecule has 1 N–H and O–H groups in total. The minimum absolute atomic E-state index is 0.118. The molecule has 0 saturated heterocycles. The molecular formula is C15H17BrFNO. The Balaban J connectivity index is 2.35. The van der Waals surface area contributed by atoms with Crippen LogP contribution in [0.25, 0.3) is 0 Å². The number of rotatable bonds is 5. The molecule has 2 rings (SSSR count). The molecule has 0 aliphatic rings. The Hall–Kier alpha value is -1.13. The molecule has 1 atom stereocenters. The molecule has 2 aromatic rings. The first kappa shape index (κ1) is 14.3. The first-order chi connectivity index (χ1) is 9.15. The van der Waals surface area contributed by atoms with Gasteiger partial charge in [-0.2, -0.15) is 0 Å². The van der Waals surface area contributed by atoms with E-state index in [0.717, 1.165) is 30.0 Å². The van der Waals surface area contributed by atoms with Gasteiger partial charge >= 0.3 is 0 Å². The minimum Gasteiger partial charge on any atom is -0.464 e. The maximum Gasteiger partial charge on any atom is 0.137 e. The van der Waals surface area contributed by atoms with Crippen molar-refractivity contribution in [3.05, 3.63) is 57.7 Å². The van der Waals surface area contributed by atoms with Crippen LogP contribution < -0.4 is 5.32 Å². The predicted molar refractivity (Wildman–Crippen MR) is 77.7 cm³/mol. The van der Waals surface area contributed by atoms with E-state index in [9.17, 15) is 4.39 Å². The quantitative estimate of drug-likeness (QED) is 0.879. The highest BCUT2D eigenvalue weighted by molar-refractivity contribution is 9.10. The SMILES string of the molecule is CCNC(c1ccc(Br)c(F)c1)c1ccc(CC)o1. The lowest BCUT2D eigenvalue weighted by Crippen LogP contribution is -2.21. The van der Waals surface area contributed by atoms with Gasteiger partial charge in [0.1, 0.15) is 17.3 Å². The van der Waals surface area contributed by atoms with Crippen LogP contribution in [0.4, 0.5) is 4.39 Å². The molecule has 0 bridgehead atoms. The zero-order valence-electron chi connectivity index (χ0n) is 11.0. The summed E-state index contributed by atoms with van der Waals surface area (Å²) in [6, 6.07) is 8.95. The average Bonchev–Trinajstić information content (AvgIpc) is 2.88. The monoisotopic (exact) mass is 325 g/mol. The molecule has 19 heavy (non-hydrogen) atoms. The van der Waals surface area contributed by atoms with E-state index < -0.39 is 0 Å². The van der Waals surface area contributed by atoms with E-state index in [4.69, 9.17) is 4.42 Å². The molecule has 0 aliphatic carbocycles. The van der Waals surface area contributed by atoms with E-state index in [-0.39, 0.29) is 11.9 Å². The van der Waals surface area contributed by atoms with Crippen molar-refractivity contribution in [2.45, 2.75) is 26.3 Å². The van der Waals surface area contributed by atoms with Crippen molar-refractivity contribution in [2.24, 2.45) is 0 Å². The molecule has 1 unspecified atom stereocenters. The summed E-state index contributed by atoms with van der Waals surface area (Å²) in [6.45, 7) is 4.85. The van der Waals surface area contributed by atoms with Crippen LogP contribution in [0.5, 0.6) is 0 Å². The van der Waals surface area contributed by atoms with Gasteiger partial charge in [-0.1, -0.05) is 19.9 Å². The van der Waals surface area contributed by atoms with Crippen LogP contribution in [0.15, 0.2) is 39.2 Å². The van der Waals surface area contributed by atoms with E-state index in [2.05, 4.69) is 21.2 Å². The second kappa shape index (κ2) is 6.35. The smallest absolute Gasteiger partial charge is 0.137 e. The van der Waals surface area contributed by atoms with Gasteiger partial charge in [0.15, 0.2) is 0 Å². The summed E-state index contributed by atoms with van der Waals surface area (Å²) in [4.78, 5) is 0. The van der Waals surface area contributed by atoms with Crippen LogP contribution in [0.3, 0.4) is 0 Å². The number of hydrogen-bond donors (Lipinski definition) is 1. The number of aryl methyl sites for hydroxylation is 1. The Morgan fingerprint density at radius 3 is 2.63 bits per heavy atom. The summed E-state index contributed by atoms with van der Waals surface area (Å²) in [6.07, 6.45) is 0.855. The number of hydrogen-bond acceptors (Lipinski definition) is 2. The van der Waals surface area contributed by atoms with Crippen molar-refractivity contribution >= 4 is 15.9 Å². The Morgan fingerprint density at radius 2 is 2.05 bits per heavy atom. The minimum atomic E-state index is -0.261. The van der Waals surface area contributed by atoms with Gasteiger partial charge in [0.25, 0.3) is 0 Å². The highest BCUT2D eigenvalue weighted by Crippen LogP contribution is 2.27. The second-order valence-corrected chi connectivity index (χ2v) is 5.18. The van der Waals surface area contributed by atoms with Crippen molar-refractivity contribution in [3.63, 3.8) is 0 Å². The topological polar surface area (TPSA) is 25.2 Å². The predicted octanol–water partition coefficient (Wildman–Crippen LogP) is 4.44. The van der Waals surface area contributed by atoms with Crippen LogP contribution >= 0.6 is 15.9 Å². The van der Waals surface area contributed by atoms with Crippen LogP contribution in [-0.2, 0) is 6.42 Å². The summed E-state index contributed by atoms with van der Waals surface area (Å²) in [5.41, 5.74) is 0.861. The lowest BCUT2D eigenvalue weighted by molar-refractivity contribution is 0.425. The van der Waals surface area contributed by atoms with Gasteiger partial charge in [-0.3, -0.25) is 0 Å². The Labute approximate surface area is 121 Å². The van der Waals surface area contributed by atoms with E-state index in [0.29, 0.717) is 4.47 Å². The zero-order valence-corrected chi connectivity index (χ0v) is 12.6. The van der Waals surface area contributed by atoms with Crippen molar-refractivity contribution in [2.75, 3.05) is 6.54 Å². The lowest BCUT2D eigenvalue weighted by Gasteiger charge is -2.16. The highest BCUT2D eigenvalue weighted by atomic mass is 79.9. The molecule has 102 valence electrons. The molecule has 1 aromatic heterocycles. The molecule has 0 saturated carbocycles. The van der Waals surface area contributed by atoms with Gasteiger partial charge in [-0.05, 0) is 52.3 Å². The van der Waals surface area contributed by atoms with Gasteiger partial charge in [0.2, 0.25) is 0 Å². The molecule has 0 aliphatic heterocycles. The Bertz CT molecular complexity index is 553.